The van der Waals surface area contributed by atoms with Gasteiger partial charge in [0.25, 0.3) is 0 Å². The van der Waals surface area contributed by atoms with Crippen LogP contribution in [0.1, 0.15) is 45.0 Å². The monoisotopic (exact) mass is 280 g/mol. The van der Waals surface area contributed by atoms with Crippen LogP contribution in [-0.4, -0.2) is 46.9 Å². The molecule has 1 N–H and O–H groups in total. The quantitative estimate of drug-likeness (QED) is 0.793. The molecule has 1 aromatic rings. The Kier molecular flexibility index (Phi) is 6.21. The number of aromatic nitrogens is 2. The average Bonchev–Trinajstić information content (AvgIpc) is 2.71. The van der Waals surface area contributed by atoms with Crippen LogP contribution in [-0.2, 0) is 13.5 Å². The fraction of sp³-hybridized carbons (Fsp3) is 0.812. The maximum absolute atomic E-state index is 4.47. The molecule has 0 aromatic carbocycles. The van der Waals surface area contributed by atoms with Crippen molar-refractivity contribution in [1.29, 1.82) is 0 Å². The van der Waals surface area contributed by atoms with E-state index in [1.54, 1.807) is 0 Å². The predicted molar refractivity (Wildman–Crippen MR) is 86.1 cm³/mol. The standard InChI is InChI=1S/C16H32N4/c1-8-10-17-15(16(4,9-2)19(5)6)12-14-11-13(3)18-20(14)7/h11,15,17H,8-10,12H2,1-7H3. The minimum Gasteiger partial charge on any atom is -0.312 e. The van der Waals surface area contributed by atoms with E-state index in [1.165, 1.54) is 5.69 Å². The van der Waals surface area contributed by atoms with Crippen molar-refractivity contribution >= 4 is 0 Å². The summed E-state index contributed by atoms with van der Waals surface area (Å²) in [7, 11) is 6.40. The zero-order valence-corrected chi connectivity index (χ0v) is 14.3. The van der Waals surface area contributed by atoms with Gasteiger partial charge in [-0.15, -0.1) is 0 Å². The highest BCUT2D eigenvalue weighted by atomic mass is 15.3. The number of aryl methyl sites for hydroxylation is 2. The minimum atomic E-state index is 0.146. The molecule has 2 atom stereocenters. The highest BCUT2D eigenvalue weighted by Crippen LogP contribution is 2.24. The molecule has 0 spiro atoms. The Bertz CT molecular complexity index is 411. The Labute approximate surface area is 124 Å². The second-order valence-corrected chi connectivity index (χ2v) is 6.22. The van der Waals surface area contributed by atoms with Gasteiger partial charge in [0.2, 0.25) is 0 Å². The summed E-state index contributed by atoms with van der Waals surface area (Å²) < 4.78 is 2.02. The second-order valence-electron chi connectivity index (χ2n) is 6.22. The third-order valence-electron chi connectivity index (χ3n) is 4.64. The topological polar surface area (TPSA) is 33.1 Å². The lowest BCUT2D eigenvalue weighted by Gasteiger charge is -2.43. The SMILES string of the molecule is CCCNC(Cc1cc(C)nn1C)C(C)(CC)N(C)C. The molecule has 4 nitrogen and oxygen atoms in total. The predicted octanol–water partition coefficient (Wildman–Crippen LogP) is 2.37. The first-order valence-corrected chi connectivity index (χ1v) is 7.75. The fourth-order valence-corrected chi connectivity index (χ4v) is 2.77. The molecule has 1 aromatic heterocycles. The molecule has 116 valence electrons. The minimum absolute atomic E-state index is 0.146. The van der Waals surface area contributed by atoms with Gasteiger partial charge in [-0.05, 0) is 53.4 Å². The summed E-state index contributed by atoms with van der Waals surface area (Å²) >= 11 is 0. The number of hydrogen-bond acceptors (Lipinski definition) is 3. The molecule has 0 aliphatic heterocycles. The number of nitrogens with one attached hydrogen (secondary N) is 1. The summed E-state index contributed by atoms with van der Waals surface area (Å²) in [5.74, 6) is 0. The van der Waals surface area contributed by atoms with E-state index in [-0.39, 0.29) is 5.54 Å². The lowest BCUT2D eigenvalue weighted by molar-refractivity contribution is 0.111. The van der Waals surface area contributed by atoms with Crippen molar-refractivity contribution in [3.05, 3.63) is 17.5 Å². The summed E-state index contributed by atoms with van der Waals surface area (Å²) in [5.41, 5.74) is 2.55. The highest BCUT2D eigenvalue weighted by Gasteiger charge is 2.34. The molecule has 0 saturated carbocycles. The van der Waals surface area contributed by atoms with Crippen LogP contribution in [0.4, 0.5) is 0 Å². The lowest BCUT2D eigenvalue weighted by atomic mass is 9.85. The number of rotatable bonds is 8. The van der Waals surface area contributed by atoms with E-state index < -0.39 is 0 Å². The van der Waals surface area contributed by atoms with Crippen LogP contribution in [0.5, 0.6) is 0 Å². The first-order valence-electron chi connectivity index (χ1n) is 7.75. The Morgan fingerprint density at radius 1 is 1.40 bits per heavy atom. The number of nitrogens with zero attached hydrogens (tertiary/aromatic N) is 3. The first kappa shape index (κ1) is 17.2. The molecule has 4 heteroatoms. The molecular weight excluding hydrogens is 248 g/mol. The van der Waals surface area contributed by atoms with Gasteiger partial charge in [-0.3, -0.25) is 4.68 Å². The Morgan fingerprint density at radius 2 is 2.05 bits per heavy atom. The van der Waals surface area contributed by atoms with Crippen LogP contribution in [0.2, 0.25) is 0 Å². The van der Waals surface area contributed by atoms with Crippen LogP contribution in [0.25, 0.3) is 0 Å². The second kappa shape index (κ2) is 7.23. The van der Waals surface area contributed by atoms with Crippen LogP contribution in [0.15, 0.2) is 6.07 Å². The van der Waals surface area contributed by atoms with E-state index in [2.05, 4.69) is 63.2 Å². The summed E-state index contributed by atoms with van der Waals surface area (Å²) in [6.07, 6.45) is 3.30. The van der Waals surface area contributed by atoms with E-state index in [9.17, 15) is 0 Å². The van der Waals surface area contributed by atoms with Crippen molar-refractivity contribution in [1.82, 2.24) is 20.0 Å². The van der Waals surface area contributed by atoms with E-state index in [4.69, 9.17) is 0 Å². The van der Waals surface area contributed by atoms with Crippen molar-refractivity contribution < 1.29 is 0 Å². The van der Waals surface area contributed by atoms with Gasteiger partial charge in [-0.25, -0.2) is 0 Å². The molecule has 0 fully saturated rings. The van der Waals surface area contributed by atoms with Crippen LogP contribution < -0.4 is 5.32 Å². The Morgan fingerprint density at radius 3 is 2.45 bits per heavy atom. The largest absolute Gasteiger partial charge is 0.312 e. The fourth-order valence-electron chi connectivity index (χ4n) is 2.77. The molecule has 0 saturated heterocycles. The van der Waals surface area contributed by atoms with E-state index in [1.807, 2.05) is 11.7 Å². The third kappa shape index (κ3) is 3.83. The van der Waals surface area contributed by atoms with Crippen molar-refractivity contribution in [3.8, 4) is 0 Å². The van der Waals surface area contributed by atoms with Crippen LogP contribution in [0, 0.1) is 6.92 Å². The molecule has 2 unspecified atom stereocenters. The van der Waals surface area contributed by atoms with Gasteiger partial charge in [0.05, 0.1) is 5.69 Å². The molecule has 0 aliphatic carbocycles. The van der Waals surface area contributed by atoms with Crippen LogP contribution in [0.3, 0.4) is 0 Å². The smallest absolute Gasteiger partial charge is 0.0596 e. The number of hydrogen-bond donors (Lipinski definition) is 1. The van der Waals surface area contributed by atoms with Crippen molar-refractivity contribution in [2.24, 2.45) is 7.05 Å². The maximum atomic E-state index is 4.47. The third-order valence-corrected chi connectivity index (χ3v) is 4.64. The molecule has 0 radical (unpaired) electrons. The lowest BCUT2D eigenvalue weighted by Crippen LogP contribution is -2.58. The highest BCUT2D eigenvalue weighted by molar-refractivity contribution is 5.12. The molecule has 20 heavy (non-hydrogen) atoms. The van der Waals surface area contributed by atoms with Crippen molar-refractivity contribution in [3.63, 3.8) is 0 Å². The first-order chi connectivity index (χ1) is 9.35. The molecular formula is C16H32N4. The van der Waals surface area contributed by atoms with Gasteiger partial charge < -0.3 is 10.2 Å². The number of likely N-dealkylation sites (N-methyl/N-ethyl adjacent to an activating group) is 1. The van der Waals surface area contributed by atoms with Crippen molar-refractivity contribution in [2.45, 2.75) is 58.5 Å². The average molecular weight is 280 g/mol. The summed E-state index contributed by atoms with van der Waals surface area (Å²) in [4.78, 5) is 2.35. The van der Waals surface area contributed by atoms with Gasteiger partial charge in [-0.1, -0.05) is 13.8 Å². The Balaban J connectivity index is 2.96. The van der Waals surface area contributed by atoms with Gasteiger partial charge in [0.1, 0.15) is 0 Å². The maximum Gasteiger partial charge on any atom is 0.0596 e. The molecule has 0 bridgehead atoms. The summed E-state index contributed by atoms with van der Waals surface area (Å²) in [5, 5.41) is 8.22. The summed E-state index contributed by atoms with van der Waals surface area (Å²) in [6.45, 7) is 9.96. The molecule has 0 aliphatic rings. The van der Waals surface area contributed by atoms with E-state index >= 15 is 0 Å². The Hall–Kier alpha value is -0.870. The van der Waals surface area contributed by atoms with Crippen LogP contribution >= 0.6 is 0 Å². The van der Waals surface area contributed by atoms with Gasteiger partial charge in [-0.2, -0.15) is 5.10 Å². The van der Waals surface area contributed by atoms with E-state index in [0.717, 1.165) is 31.5 Å². The summed E-state index contributed by atoms with van der Waals surface area (Å²) in [6, 6.07) is 2.63. The van der Waals surface area contributed by atoms with E-state index in [0.29, 0.717) is 6.04 Å². The van der Waals surface area contributed by atoms with Gasteiger partial charge in [0, 0.05) is 30.7 Å². The normalized spacial score (nSPS) is 16.4. The zero-order valence-electron chi connectivity index (χ0n) is 14.3. The molecule has 0 amide bonds. The molecule has 1 heterocycles. The van der Waals surface area contributed by atoms with Crippen molar-refractivity contribution in [2.75, 3.05) is 20.6 Å². The zero-order chi connectivity index (χ0) is 15.3. The van der Waals surface area contributed by atoms with Gasteiger partial charge >= 0.3 is 0 Å². The van der Waals surface area contributed by atoms with Gasteiger partial charge in [0.15, 0.2) is 0 Å². The molecule has 1 rings (SSSR count).